The van der Waals surface area contributed by atoms with Crippen LogP contribution >= 0.6 is 11.6 Å². The van der Waals surface area contributed by atoms with Crippen LogP contribution in [-0.4, -0.2) is 15.9 Å². The predicted molar refractivity (Wildman–Crippen MR) is 113 cm³/mol. The third-order valence-electron chi connectivity index (χ3n) is 4.33. The van der Waals surface area contributed by atoms with E-state index in [-0.39, 0.29) is 22.2 Å². The van der Waals surface area contributed by atoms with E-state index < -0.39 is 5.82 Å². The highest BCUT2D eigenvalue weighted by Gasteiger charge is 2.13. The molecule has 0 bridgehead atoms. The van der Waals surface area contributed by atoms with Crippen LogP contribution in [0.25, 0.3) is 10.9 Å². The zero-order valence-electron chi connectivity index (χ0n) is 15.4. The molecule has 0 saturated heterocycles. The summed E-state index contributed by atoms with van der Waals surface area (Å²) >= 11 is 5.87. The molecule has 4 rings (SSSR count). The summed E-state index contributed by atoms with van der Waals surface area (Å²) in [5.41, 5.74) is 2.67. The second-order valence-electron chi connectivity index (χ2n) is 6.31. The summed E-state index contributed by atoms with van der Waals surface area (Å²) in [7, 11) is 0. The Labute approximate surface area is 176 Å². The van der Waals surface area contributed by atoms with E-state index in [1.807, 2.05) is 0 Å². The van der Waals surface area contributed by atoms with Gasteiger partial charge in [-0.15, -0.1) is 0 Å². The minimum Gasteiger partial charge on any atom is -0.354 e. The standard InChI is InChI=1S/C22H13ClFN5O/c23-17-10-15(4-6-18(17)24)28-21-13(11-25)12-27-19-7-5-14(9-16(19)21)29-22(30)20-3-1-2-8-26-20/h1-10,12H,(H,27,28)(H,29,30). The number of pyridine rings is 2. The van der Waals surface area contributed by atoms with Crippen LogP contribution in [-0.2, 0) is 0 Å². The molecule has 0 unspecified atom stereocenters. The summed E-state index contributed by atoms with van der Waals surface area (Å²) in [6, 6.07) is 16.5. The van der Waals surface area contributed by atoms with E-state index in [1.165, 1.54) is 30.6 Å². The molecule has 0 aliphatic heterocycles. The largest absolute Gasteiger partial charge is 0.354 e. The number of hydrogen-bond donors (Lipinski definition) is 2. The third-order valence-corrected chi connectivity index (χ3v) is 4.62. The van der Waals surface area contributed by atoms with Crippen molar-refractivity contribution >= 4 is 45.5 Å². The topological polar surface area (TPSA) is 90.7 Å². The smallest absolute Gasteiger partial charge is 0.274 e. The fourth-order valence-corrected chi connectivity index (χ4v) is 3.08. The number of nitrogens with one attached hydrogen (secondary N) is 2. The first-order valence-corrected chi connectivity index (χ1v) is 9.20. The van der Waals surface area contributed by atoms with Crippen molar-refractivity contribution in [1.82, 2.24) is 9.97 Å². The summed E-state index contributed by atoms with van der Waals surface area (Å²) in [5, 5.41) is 16.0. The fraction of sp³-hybridized carbons (Fsp3) is 0. The highest BCUT2D eigenvalue weighted by Crippen LogP contribution is 2.32. The Morgan fingerprint density at radius 2 is 1.90 bits per heavy atom. The van der Waals surface area contributed by atoms with E-state index in [0.717, 1.165) is 0 Å². The Morgan fingerprint density at radius 1 is 1.07 bits per heavy atom. The molecule has 0 aliphatic carbocycles. The molecule has 146 valence electrons. The molecule has 8 heteroatoms. The number of nitrogens with zero attached hydrogens (tertiary/aromatic N) is 3. The van der Waals surface area contributed by atoms with E-state index in [4.69, 9.17) is 11.6 Å². The predicted octanol–water partition coefficient (Wildman–Crippen LogP) is 5.29. The molecule has 2 aromatic heterocycles. The second kappa shape index (κ2) is 8.15. The number of fused-ring (bicyclic) bond motifs is 1. The van der Waals surface area contributed by atoms with Gasteiger partial charge in [0, 0.05) is 29.2 Å². The molecule has 0 saturated carbocycles. The lowest BCUT2D eigenvalue weighted by molar-refractivity contribution is 0.102. The van der Waals surface area contributed by atoms with Gasteiger partial charge in [0.15, 0.2) is 0 Å². The van der Waals surface area contributed by atoms with Crippen molar-refractivity contribution in [2.75, 3.05) is 10.6 Å². The number of rotatable bonds is 4. The van der Waals surface area contributed by atoms with E-state index >= 15 is 0 Å². The zero-order valence-corrected chi connectivity index (χ0v) is 16.1. The molecule has 0 spiro atoms. The molecule has 0 fully saturated rings. The van der Waals surface area contributed by atoms with Crippen LogP contribution in [0.15, 0.2) is 67.0 Å². The maximum absolute atomic E-state index is 13.5. The highest BCUT2D eigenvalue weighted by atomic mass is 35.5. The van der Waals surface area contributed by atoms with Crippen LogP contribution in [0.4, 0.5) is 21.5 Å². The maximum atomic E-state index is 13.5. The van der Waals surface area contributed by atoms with E-state index in [9.17, 15) is 14.4 Å². The zero-order chi connectivity index (χ0) is 21.1. The van der Waals surface area contributed by atoms with Gasteiger partial charge in [0.1, 0.15) is 17.6 Å². The summed E-state index contributed by atoms with van der Waals surface area (Å²) < 4.78 is 13.5. The molecular formula is C22H13ClFN5O. The minimum absolute atomic E-state index is 0.0415. The number of amides is 1. The van der Waals surface area contributed by atoms with Gasteiger partial charge in [-0.1, -0.05) is 17.7 Å². The van der Waals surface area contributed by atoms with Crippen LogP contribution in [0.5, 0.6) is 0 Å². The number of carbonyl (C=O) groups is 1. The SMILES string of the molecule is N#Cc1cnc2ccc(NC(=O)c3ccccn3)cc2c1Nc1ccc(F)c(Cl)c1. The number of carbonyl (C=O) groups excluding carboxylic acids is 1. The van der Waals surface area contributed by atoms with Crippen LogP contribution in [0.3, 0.4) is 0 Å². The molecule has 30 heavy (non-hydrogen) atoms. The summed E-state index contributed by atoms with van der Waals surface area (Å²) in [4.78, 5) is 20.7. The Kier molecular flexibility index (Phi) is 5.24. The van der Waals surface area contributed by atoms with Crippen molar-refractivity contribution in [1.29, 1.82) is 5.26 Å². The van der Waals surface area contributed by atoms with Gasteiger partial charge in [-0.2, -0.15) is 5.26 Å². The molecular weight excluding hydrogens is 405 g/mol. The molecule has 0 aliphatic rings. The Morgan fingerprint density at radius 3 is 2.63 bits per heavy atom. The molecule has 2 aromatic carbocycles. The maximum Gasteiger partial charge on any atom is 0.274 e. The average molecular weight is 418 g/mol. The van der Waals surface area contributed by atoms with Gasteiger partial charge in [-0.05, 0) is 48.5 Å². The van der Waals surface area contributed by atoms with Crippen molar-refractivity contribution in [3.05, 3.63) is 89.1 Å². The monoisotopic (exact) mass is 417 g/mol. The fourth-order valence-electron chi connectivity index (χ4n) is 2.90. The number of aromatic nitrogens is 2. The van der Waals surface area contributed by atoms with Gasteiger partial charge in [-0.3, -0.25) is 14.8 Å². The van der Waals surface area contributed by atoms with Gasteiger partial charge in [0.05, 0.1) is 21.8 Å². The van der Waals surface area contributed by atoms with Gasteiger partial charge in [0.2, 0.25) is 0 Å². The van der Waals surface area contributed by atoms with Gasteiger partial charge in [-0.25, -0.2) is 4.39 Å². The third kappa shape index (κ3) is 3.90. The molecule has 0 radical (unpaired) electrons. The van der Waals surface area contributed by atoms with E-state index in [2.05, 4.69) is 26.7 Å². The van der Waals surface area contributed by atoms with E-state index in [0.29, 0.717) is 28.0 Å². The first-order valence-electron chi connectivity index (χ1n) is 8.82. The van der Waals surface area contributed by atoms with Crippen LogP contribution in [0.1, 0.15) is 16.1 Å². The number of hydrogen-bond acceptors (Lipinski definition) is 5. The van der Waals surface area contributed by atoms with Crippen molar-refractivity contribution in [2.45, 2.75) is 0 Å². The number of benzene rings is 2. The molecule has 2 heterocycles. The molecule has 1 amide bonds. The van der Waals surface area contributed by atoms with Crippen molar-refractivity contribution < 1.29 is 9.18 Å². The van der Waals surface area contributed by atoms with Gasteiger partial charge >= 0.3 is 0 Å². The number of anilines is 3. The summed E-state index contributed by atoms with van der Waals surface area (Å²) in [6.45, 7) is 0. The average Bonchev–Trinajstić information content (AvgIpc) is 2.77. The number of halogens is 2. The first kappa shape index (κ1) is 19.3. The van der Waals surface area contributed by atoms with Crippen LogP contribution in [0.2, 0.25) is 5.02 Å². The number of nitriles is 1. The lowest BCUT2D eigenvalue weighted by Crippen LogP contribution is -2.13. The molecule has 4 aromatic rings. The Hall–Kier alpha value is -4.02. The molecule has 2 N–H and O–H groups in total. The van der Waals surface area contributed by atoms with Crippen LogP contribution < -0.4 is 10.6 Å². The van der Waals surface area contributed by atoms with Crippen LogP contribution in [0, 0.1) is 17.1 Å². The second-order valence-corrected chi connectivity index (χ2v) is 6.72. The minimum atomic E-state index is -0.540. The van der Waals surface area contributed by atoms with Gasteiger partial charge in [0.25, 0.3) is 5.91 Å². The Balaban J connectivity index is 1.74. The Bertz CT molecular complexity index is 1300. The summed E-state index contributed by atoms with van der Waals surface area (Å²) in [5.74, 6) is -0.902. The first-order chi connectivity index (χ1) is 14.5. The van der Waals surface area contributed by atoms with Gasteiger partial charge < -0.3 is 10.6 Å². The quantitative estimate of drug-likeness (QED) is 0.470. The van der Waals surface area contributed by atoms with Crippen molar-refractivity contribution in [2.24, 2.45) is 0 Å². The van der Waals surface area contributed by atoms with Crippen molar-refractivity contribution in [3.63, 3.8) is 0 Å². The lowest BCUT2D eigenvalue weighted by Gasteiger charge is -2.13. The van der Waals surface area contributed by atoms with Crippen molar-refractivity contribution in [3.8, 4) is 6.07 Å². The molecule has 6 nitrogen and oxygen atoms in total. The molecule has 0 atom stereocenters. The summed E-state index contributed by atoms with van der Waals surface area (Å²) in [6.07, 6.45) is 2.98. The normalized spacial score (nSPS) is 10.4. The lowest BCUT2D eigenvalue weighted by atomic mass is 10.1. The van der Waals surface area contributed by atoms with E-state index in [1.54, 1.807) is 36.4 Å². The highest BCUT2D eigenvalue weighted by molar-refractivity contribution is 6.31.